The summed E-state index contributed by atoms with van der Waals surface area (Å²) in [7, 11) is 1.75. The molecule has 8 heteroatoms. The molecule has 0 radical (unpaired) electrons. The van der Waals surface area contributed by atoms with E-state index < -0.39 is 6.17 Å². The van der Waals surface area contributed by atoms with Gasteiger partial charge in [0.1, 0.15) is 0 Å². The molecule has 2 aliphatic heterocycles. The van der Waals surface area contributed by atoms with Crippen molar-refractivity contribution < 1.29 is 4.79 Å². The lowest BCUT2D eigenvalue weighted by Crippen LogP contribution is -2.50. The van der Waals surface area contributed by atoms with Crippen LogP contribution >= 0.6 is 23.8 Å². The molecule has 1 atom stereocenters. The molecule has 2 aromatic carbocycles. The van der Waals surface area contributed by atoms with E-state index in [4.69, 9.17) is 28.8 Å². The van der Waals surface area contributed by atoms with Crippen molar-refractivity contribution in [2.75, 3.05) is 38.1 Å². The molecule has 0 saturated carbocycles. The molecule has 0 aromatic heterocycles. The molecule has 1 amide bonds. The lowest BCUT2D eigenvalue weighted by atomic mass is 10.0. The Morgan fingerprint density at radius 2 is 1.91 bits per heavy atom. The van der Waals surface area contributed by atoms with E-state index >= 15 is 0 Å². The summed E-state index contributed by atoms with van der Waals surface area (Å²) in [6.45, 7) is 3.94. The number of amides is 1. The van der Waals surface area contributed by atoms with Crippen molar-refractivity contribution in [1.29, 1.82) is 0 Å². The number of likely N-dealkylation sites (N-methyl/N-ethyl adjacent to an activating group) is 1. The van der Waals surface area contributed by atoms with Crippen LogP contribution in [0.25, 0.3) is 0 Å². The number of benzene rings is 2. The number of fused-ring (bicyclic) bond motifs is 1. The van der Waals surface area contributed by atoms with E-state index in [1.54, 1.807) is 18.0 Å². The highest BCUT2D eigenvalue weighted by Crippen LogP contribution is 2.29. The third kappa shape index (κ3) is 5.28. The fourth-order valence-corrected chi connectivity index (χ4v) is 4.54. The highest BCUT2D eigenvalue weighted by Gasteiger charge is 2.30. The molecule has 1 saturated heterocycles. The zero-order valence-electron chi connectivity index (χ0n) is 18.2. The van der Waals surface area contributed by atoms with E-state index in [9.17, 15) is 4.79 Å². The number of carbonyl (C=O) groups excluding carboxylic acids is 1. The van der Waals surface area contributed by atoms with Crippen molar-refractivity contribution in [3.05, 3.63) is 64.7 Å². The summed E-state index contributed by atoms with van der Waals surface area (Å²) in [6, 6.07) is 15.3. The number of nitrogens with one attached hydrogen (secondary N) is 2. The minimum atomic E-state index is -0.837. The topological polar surface area (TPSA) is 60.0 Å². The van der Waals surface area contributed by atoms with Gasteiger partial charge in [-0.25, -0.2) is 4.99 Å². The van der Waals surface area contributed by atoms with Crippen LogP contribution in [0.5, 0.6) is 0 Å². The Labute approximate surface area is 199 Å². The molecule has 6 nitrogen and oxygen atoms in total. The molecule has 4 rings (SSSR count). The maximum Gasteiger partial charge on any atom is 0.272 e. The van der Waals surface area contributed by atoms with Crippen LogP contribution in [0.15, 0.2) is 53.5 Å². The normalized spacial score (nSPS) is 19.1. The van der Waals surface area contributed by atoms with Crippen LogP contribution in [0.3, 0.4) is 0 Å². The van der Waals surface area contributed by atoms with Crippen molar-refractivity contribution in [3.63, 3.8) is 0 Å². The van der Waals surface area contributed by atoms with Gasteiger partial charge < -0.3 is 20.4 Å². The zero-order valence-corrected chi connectivity index (χ0v) is 19.8. The van der Waals surface area contributed by atoms with Crippen molar-refractivity contribution >= 4 is 46.2 Å². The summed E-state index contributed by atoms with van der Waals surface area (Å²) in [4.78, 5) is 22.1. The van der Waals surface area contributed by atoms with Gasteiger partial charge in [0, 0.05) is 36.3 Å². The Kier molecular flexibility index (Phi) is 7.40. The summed E-state index contributed by atoms with van der Waals surface area (Å²) < 4.78 is 0. The monoisotopic (exact) mass is 469 g/mol. The molecule has 0 aliphatic carbocycles. The number of aliphatic imine (C=N–C) groups is 1. The molecule has 0 bridgehead atoms. The second kappa shape index (κ2) is 10.4. The van der Waals surface area contributed by atoms with Gasteiger partial charge in [0.15, 0.2) is 5.11 Å². The van der Waals surface area contributed by atoms with Crippen LogP contribution in [0.4, 0.5) is 5.69 Å². The minimum absolute atomic E-state index is 0.181. The van der Waals surface area contributed by atoms with E-state index in [2.05, 4.69) is 15.5 Å². The van der Waals surface area contributed by atoms with Gasteiger partial charge >= 0.3 is 0 Å². The second-order valence-corrected chi connectivity index (χ2v) is 8.95. The van der Waals surface area contributed by atoms with Crippen molar-refractivity contribution in [2.24, 2.45) is 4.99 Å². The van der Waals surface area contributed by atoms with Crippen LogP contribution in [-0.2, 0) is 4.79 Å². The first-order chi connectivity index (χ1) is 15.5. The SMILES string of the molecule is CN1C(=O)C(NC(=S)NCCN2CCCCC2)N=C(c2ccccc2)c2cc(Cl)ccc21. The number of hydrogen-bond donors (Lipinski definition) is 2. The number of carbonyl (C=O) groups is 1. The Balaban J connectivity index is 1.54. The Morgan fingerprint density at radius 3 is 2.66 bits per heavy atom. The number of halogens is 1. The number of anilines is 1. The first-order valence-corrected chi connectivity index (χ1v) is 11.8. The first-order valence-electron chi connectivity index (χ1n) is 11.0. The summed E-state index contributed by atoms with van der Waals surface area (Å²) >= 11 is 11.8. The number of nitrogens with zero attached hydrogens (tertiary/aromatic N) is 3. The largest absolute Gasteiger partial charge is 0.361 e. The van der Waals surface area contributed by atoms with Crippen molar-refractivity contribution in [3.8, 4) is 0 Å². The van der Waals surface area contributed by atoms with Crippen molar-refractivity contribution in [2.45, 2.75) is 25.4 Å². The van der Waals surface area contributed by atoms with Gasteiger partial charge in [0.05, 0.1) is 11.4 Å². The predicted octanol–water partition coefficient (Wildman–Crippen LogP) is 3.43. The van der Waals surface area contributed by atoms with Gasteiger partial charge in [-0.15, -0.1) is 0 Å². The fourth-order valence-electron chi connectivity index (χ4n) is 4.15. The van der Waals surface area contributed by atoms with Gasteiger partial charge in [0.2, 0.25) is 6.17 Å². The maximum absolute atomic E-state index is 13.3. The Hall–Kier alpha value is -2.48. The Morgan fingerprint density at radius 1 is 1.16 bits per heavy atom. The van der Waals surface area contributed by atoms with E-state index in [1.807, 2.05) is 42.5 Å². The lowest BCUT2D eigenvalue weighted by molar-refractivity contribution is -0.119. The van der Waals surface area contributed by atoms with Crippen LogP contribution < -0.4 is 15.5 Å². The molecule has 1 unspecified atom stereocenters. The number of hydrogen-bond acceptors (Lipinski definition) is 4. The van der Waals surface area contributed by atoms with Crippen LogP contribution in [-0.4, -0.2) is 61.0 Å². The molecule has 0 spiro atoms. The molecular formula is C24H28ClN5OS. The highest BCUT2D eigenvalue weighted by atomic mass is 35.5. The van der Waals surface area contributed by atoms with Crippen LogP contribution in [0, 0.1) is 0 Å². The summed E-state index contributed by atoms with van der Waals surface area (Å²) in [5.41, 5.74) is 3.19. The third-order valence-corrected chi connectivity index (χ3v) is 6.37. The summed E-state index contributed by atoms with van der Waals surface area (Å²) in [6.07, 6.45) is 2.99. The molecule has 2 N–H and O–H groups in total. The number of benzodiazepines with no additional fused rings is 1. The quantitative estimate of drug-likeness (QED) is 0.657. The number of rotatable bonds is 5. The molecule has 2 heterocycles. The molecular weight excluding hydrogens is 442 g/mol. The number of thiocarbonyl (C=S) groups is 1. The van der Waals surface area contributed by atoms with Gasteiger partial charge in [0.25, 0.3) is 5.91 Å². The van der Waals surface area contributed by atoms with Gasteiger partial charge in [-0.05, 0) is 56.3 Å². The number of piperidine rings is 1. The smallest absolute Gasteiger partial charge is 0.272 e. The standard InChI is InChI=1S/C24H28ClN5OS/c1-29-20-11-10-18(25)16-19(20)21(17-8-4-2-5-9-17)27-22(23(29)31)28-24(32)26-12-15-30-13-6-3-7-14-30/h2,4-5,8-11,16,22H,3,6-7,12-15H2,1H3,(H2,26,28,32). The van der Waals surface area contributed by atoms with E-state index in [-0.39, 0.29) is 5.91 Å². The Bertz CT molecular complexity index is 1010. The molecule has 168 valence electrons. The van der Waals surface area contributed by atoms with E-state index in [0.717, 1.165) is 43.0 Å². The van der Waals surface area contributed by atoms with E-state index in [0.29, 0.717) is 15.8 Å². The highest BCUT2D eigenvalue weighted by molar-refractivity contribution is 7.80. The average Bonchev–Trinajstić information content (AvgIpc) is 2.91. The van der Waals surface area contributed by atoms with Gasteiger partial charge in [-0.3, -0.25) is 4.79 Å². The van der Waals surface area contributed by atoms with Crippen molar-refractivity contribution in [1.82, 2.24) is 15.5 Å². The molecule has 1 fully saturated rings. The first kappa shape index (κ1) is 22.7. The van der Waals surface area contributed by atoms with Crippen LogP contribution in [0.2, 0.25) is 5.02 Å². The van der Waals surface area contributed by atoms with Gasteiger partial charge in [-0.1, -0.05) is 48.4 Å². The van der Waals surface area contributed by atoms with Gasteiger partial charge in [-0.2, -0.15) is 0 Å². The minimum Gasteiger partial charge on any atom is -0.361 e. The summed E-state index contributed by atoms with van der Waals surface area (Å²) in [5.74, 6) is -0.181. The predicted molar refractivity (Wildman–Crippen MR) is 135 cm³/mol. The third-order valence-electron chi connectivity index (χ3n) is 5.88. The number of likely N-dealkylation sites (tertiary alicyclic amines) is 1. The maximum atomic E-state index is 13.3. The van der Waals surface area contributed by atoms with Crippen LogP contribution in [0.1, 0.15) is 30.4 Å². The molecule has 2 aliphatic rings. The van der Waals surface area contributed by atoms with E-state index in [1.165, 1.54) is 19.3 Å². The molecule has 32 heavy (non-hydrogen) atoms. The zero-order chi connectivity index (χ0) is 22.5. The summed E-state index contributed by atoms with van der Waals surface area (Å²) in [5, 5.41) is 7.37. The fraction of sp³-hybridized carbons (Fsp3) is 0.375. The molecule has 2 aromatic rings. The second-order valence-electron chi connectivity index (χ2n) is 8.11. The average molecular weight is 470 g/mol. The lowest BCUT2D eigenvalue weighted by Gasteiger charge is -2.27.